The molecule has 0 fully saturated rings. The van der Waals surface area contributed by atoms with E-state index in [4.69, 9.17) is 14.2 Å². The molecule has 1 unspecified atom stereocenters. The van der Waals surface area contributed by atoms with Gasteiger partial charge in [-0.25, -0.2) is 9.59 Å². The van der Waals surface area contributed by atoms with Crippen molar-refractivity contribution in [2.45, 2.75) is 39.7 Å². The van der Waals surface area contributed by atoms with E-state index in [9.17, 15) is 9.59 Å². The third kappa shape index (κ3) is 4.53. The Morgan fingerprint density at radius 1 is 1.15 bits per heavy atom. The third-order valence-corrected chi connectivity index (χ3v) is 4.64. The molecule has 0 radical (unpaired) electrons. The lowest BCUT2D eigenvalue weighted by molar-refractivity contribution is -0.143. The van der Waals surface area contributed by atoms with E-state index < -0.39 is 17.9 Å². The Morgan fingerprint density at radius 3 is 2.35 bits per heavy atom. The lowest BCUT2D eigenvalue weighted by atomic mass is 9.81. The van der Waals surface area contributed by atoms with Crippen molar-refractivity contribution in [3.63, 3.8) is 0 Å². The third-order valence-electron chi connectivity index (χ3n) is 3.94. The fraction of sp³-hybridized carbons (Fsp3) is 0.474. The number of dihydropyridines is 1. The van der Waals surface area contributed by atoms with Crippen molar-refractivity contribution in [3.8, 4) is 0 Å². The van der Waals surface area contributed by atoms with E-state index in [1.54, 1.807) is 27.9 Å². The van der Waals surface area contributed by atoms with Crippen LogP contribution in [-0.4, -0.2) is 38.4 Å². The van der Waals surface area contributed by atoms with Gasteiger partial charge >= 0.3 is 11.9 Å². The van der Waals surface area contributed by atoms with E-state index >= 15 is 0 Å². The Morgan fingerprint density at radius 2 is 1.81 bits per heavy atom. The number of carbonyl (C=O) groups is 2. The Bertz CT molecular complexity index is 718. The molecule has 0 amide bonds. The minimum atomic E-state index is -0.524. The summed E-state index contributed by atoms with van der Waals surface area (Å²) in [7, 11) is 1.54. The summed E-state index contributed by atoms with van der Waals surface area (Å²) in [5, 5.41) is 6.98. The van der Waals surface area contributed by atoms with Gasteiger partial charge in [0, 0.05) is 18.5 Å². The van der Waals surface area contributed by atoms with Crippen LogP contribution in [0.3, 0.4) is 0 Å². The van der Waals surface area contributed by atoms with Gasteiger partial charge < -0.3 is 19.5 Å². The highest BCUT2D eigenvalue weighted by Gasteiger charge is 2.38. The highest BCUT2D eigenvalue weighted by molar-refractivity contribution is 7.08. The molecule has 0 aromatic carbocycles. The van der Waals surface area contributed by atoms with Crippen molar-refractivity contribution >= 4 is 23.3 Å². The smallest absolute Gasteiger partial charge is 0.337 e. The van der Waals surface area contributed by atoms with Crippen LogP contribution in [0.15, 0.2) is 39.4 Å². The summed E-state index contributed by atoms with van der Waals surface area (Å²) in [4.78, 5) is 25.5. The van der Waals surface area contributed by atoms with Crippen molar-refractivity contribution in [2.75, 3.05) is 20.3 Å². The number of rotatable bonds is 7. The Kier molecular flexibility index (Phi) is 6.99. The predicted octanol–water partition coefficient (Wildman–Crippen LogP) is 3.12. The molecule has 1 atom stereocenters. The summed E-state index contributed by atoms with van der Waals surface area (Å²) < 4.78 is 15.7. The Balaban J connectivity index is 2.44. The van der Waals surface area contributed by atoms with Gasteiger partial charge in [-0.15, -0.1) is 0 Å². The molecule has 0 spiro atoms. The van der Waals surface area contributed by atoms with Gasteiger partial charge in [0.2, 0.25) is 0 Å². The minimum Gasteiger partial charge on any atom is -0.460 e. The monoisotopic (exact) mass is 379 g/mol. The molecule has 0 saturated heterocycles. The van der Waals surface area contributed by atoms with Crippen molar-refractivity contribution in [1.82, 2.24) is 5.32 Å². The zero-order valence-corrected chi connectivity index (χ0v) is 16.6. The molecule has 26 heavy (non-hydrogen) atoms. The number of hydrogen-bond acceptors (Lipinski definition) is 7. The van der Waals surface area contributed by atoms with Crippen LogP contribution in [0, 0.1) is 0 Å². The van der Waals surface area contributed by atoms with Gasteiger partial charge in [0.1, 0.15) is 6.61 Å². The second-order valence-corrected chi connectivity index (χ2v) is 7.05. The molecule has 0 saturated carbocycles. The summed E-state index contributed by atoms with van der Waals surface area (Å²) in [6.07, 6.45) is -0.255. The number of ether oxygens (including phenoxy) is 3. The van der Waals surface area contributed by atoms with Crippen LogP contribution in [0.5, 0.6) is 0 Å². The van der Waals surface area contributed by atoms with Gasteiger partial charge in [-0.3, -0.25) is 0 Å². The van der Waals surface area contributed by atoms with E-state index in [1.165, 1.54) is 11.3 Å². The van der Waals surface area contributed by atoms with E-state index in [0.29, 0.717) is 29.1 Å². The maximum atomic E-state index is 12.7. The molecule has 7 heteroatoms. The number of thiophene rings is 1. The first kappa shape index (κ1) is 20.2. The van der Waals surface area contributed by atoms with Gasteiger partial charge in [-0.05, 0) is 50.1 Å². The van der Waals surface area contributed by atoms with E-state index in [2.05, 4.69) is 5.32 Å². The van der Waals surface area contributed by atoms with Gasteiger partial charge in [0.25, 0.3) is 0 Å². The van der Waals surface area contributed by atoms with Gasteiger partial charge in [-0.2, -0.15) is 11.3 Å². The van der Waals surface area contributed by atoms with Gasteiger partial charge in [0.15, 0.2) is 0 Å². The topological polar surface area (TPSA) is 73.9 Å². The van der Waals surface area contributed by atoms with Crippen molar-refractivity contribution in [2.24, 2.45) is 0 Å². The van der Waals surface area contributed by atoms with Crippen LogP contribution in [0.1, 0.15) is 39.2 Å². The number of methoxy groups -OCH3 is 1. The largest absolute Gasteiger partial charge is 0.460 e. The molecule has 1 aromatic rings. The fourth-order valence-corrected chi connectivity index (χ4v) is 3.57. The molecular formula is C19H25NO5S. The predicted molar refractivity (Wildman–Crippen MR) is 99.7 cm³/mol. The first-order valence-corrected chi connectivity index (χ1v) is 9.38. The highest BCUT2D eigenvalue weighted by atomic mass is 32.1. The standard InChI is InChI=1S/C19H25NO5S/c1-11(2)25-19(22)16-13(4)20-12(3)15(18(21)24-8-7-23-5)17(16)14-6-9-26-10-14/h6,9-11,17,20H,7-8H2,1-5H3. The van der Waals surface area contributed by atoms with Crippen LogP contribution in [0.2, 0.25) is 0 Å². The molecule has 6 nitrogen and oxygen atoms in total. The van der Waals surface area contributed by atoms with Crippen molar-refractivity contribution in [3.05, 3.63) is 44.9 Å². The molecule has 0 aliphatic carbocycles. The first-order chi connectivity index (χ1) is 12.4. The fourth-order valence-electron chi connectivity index (χ4n) is 2.88. The molecular weight excluding hydrogens is 354 g/mol. The van der Waals surface area contributed by atoms with E-state index in [0.717, 1.165) is 5.56 Å². The van der Waals surface area contributed by atoms with Crippen LogP contribution in [-0.2, 0) is 23.8 Å². The number of allylic oxidation sites excluding steroid dienone is 2. The second-order valence-electron chi connectivity index (χ2n) is 6.27. The van der Waals surface area contributed by atoms with Crippen molar-refractivity contribution < 1.29 is 23.8 Å². The normalized spacial score (nSPS) is 17.4. The Hall–Kier alpha value is -2.12. The molecule has 1 aromatic heterocycles. The summed E-state index contributed by atoms with van der Waals surface area (Å²) in [5.41, 5.74) is 3.06. The van der Waals surface area contributed by atoms with Crippen molar-refractivity contribution in [1.29, 1.82) is 0 Å². The summed E-state index contributed by atoms with van der Waals surface area (Å²) in [6.45, 7) is 7.67. The number of hydrogen-bond donors (Lipinski definition) is 1. The SMILES string of the molecule is COCCOC(=O)C1=C(C)NC(C)=C(C(=O)OC(C)C)C1c1ccsc1. The lowest BCUT2D eigenvalue weighted by Crippen LogP contribution is -2.33. The number of esters is 2. The van der Waals surface area contributed by atoms with Gasteiger partial charge in [0.05, 0.1) is 29.8 Å². The number of nitrogens with one attached hydrogen (secondary N) is 1. The Labute approximate surface area is 157 Å². The van der Waals surface area contributed by atoms with Crippen LogP contribution >= 0.6 is 11.3 Å². The summed E-state index contributed by atoms with van der Waals surface area (Å²) in [6, 6.07) is 1.91. The van der Waals surface area contributed by atoms with E-state index in [-0.39, 0.29) is 12.7 Å². The molecule has 2 rings (SSSR count). The molecule has 0 bridgehead atoms. The average molecular weight is 379 g/mol. The number of carbonyl (C=O) groups excluding carboxylic acids is 2. The zero-order chi connectivity index (χ0) is 19.3. The first-order valence-electron chi connectivity index (χ1n) is 8.44. The zero-order valence-electron chi connectivity index (χ0n) is 15.8. The average Bonchev–Trinajstić information content (AvgIpc) is 3.07. The van der Waals surface area contributed by atoms with Crippen LogP contribution in [0.4, 0.5) is 0 Å². The quantitative estimate of drug-likeness (QED) is 0.580. The maximum absolute atomic E-state index is 12.7. The van der Waals surface area contributed by atoms with E-state index in [1.807, 2.05) is 23.8 Å². The van der Waals surface area contributed by atoms with Gasteiger partial charge in [-0.1, -0.05) is 0 Å². The molecule has 142 valence electrons. The highest BCUT2D eigenvalue weighted by Crippen LogP contribution is 2.40. The maximum Gasteiger partial charge on any atom is 0.337 e. The van der Waals surface area contributed by atoms with Crippen LogP contribution < -0.4 is 5.32 Å². The molecule has 1 aliphatic rings. The second kappa shape index (κ2) is 9.00. The van der Waals surface area contributed by atoms with Crippen LogP contribution in [0.25, 0.3) is 0 Å². The summed E-state index contributed by atoms with van der Waals surface area (Å²) in [5.74, 6) is -1.43. The lowest BCUT2D eigenvalue weighted by Gasteiger charge is -2.30. The molecule has 2 heterocycles. The molecule has 1 aliphatic heterocycles. The minimum absolute atomic E-state index is 0.150. The summed E-state index contributed by atoms with van der Waals surface area (Å²) >= 11 is 1.51. The molecule has 1 N–H and O–H groups in total.